The maximum absolute atomic E-state index is 13.1. The van der Waals surface area contributed by atoms with E-state index in [0.717, 1.165) is 11.1 Å². The zero-order valence-electron chi connectivity index (χ0n) is 20.5. The highest BCUT2D eigenvalue weighted by Crippen LogP contribution is 2.36. The Balaban J connectivity index is 1.47. The molecular weight excluding hydrogens is 462 g/mol. The molecule has 3 aromatic rings. The number of para-hydroxylation sites is 1. The summed E-state index contributed by atoms with van der Waals surface area (Å²) in [4.78, 5) is 40.3. The number of hydrogen-bond donors (Lipinski definition) is 2. The number of carboxylic acid groups (broad SMARTS) is 1. The number of aromatic carboxylic acids is 1. The van der Waals surface area contributed by atoms with Gasteiger partial charge in [0.15, 0.2) is 11.3 Å². The molecule has 188 valence electrons. The number of carbonyl (C=O) groups excluding carboxylic acids is 1. The number of piperidine rings is 1. The van der Waals surface area contributed by atoms with E-state index in [2.05, 4.69) is 5.32 Å². The summed E-state index contributed by atoms with van der Waals surface area (Å²) in [6.45, 7) is 5.58. The fraction of sp³-hybridized carbons (Fsp3) is 0.370. The SMILES string of the molecule is Cc1cc(C(C)Nc2ccccc2C(=O)O)c2oc(N3CCC4(CC3)CN(C)C(=O)O4)cc(=O)c2c1. The molecule has 1 aromatic heterocycles. The predicted molar refractivity (Wildman–Crippen MR) is 136 cm³/mol. The molecule has 1 atom stereocenters. The Morgan fingerprint density at radius 3 is 2.53 bits per heavy atom. The smallest absolute Gasteiger partial charge is 0.410 e. The van der Waals surface area contributed by atoms with Crippen molar-refractivity contribution in [1.29, 1.82) is 0 Å². The minimum Gasteiger partial charge on any atom is -0.478 e. The number of nitrogens with zero attached hydrogens (tertiary/aromatic N) is 2. The molecule has 2 saturated heterocycles. The van der Waals surface area contributed by atoms with Crippen molar-refractivity contribution in [2.24, 2.45) is 0 Å². The number of rotatable bonds is 5. The zero-order valence-corrected chi connectivity index (χ0v) is 20.5. The van der Waals surface area contributed by atoms with Crippen LogP contribution in [0, 0.1) is 6.92 Å². The van der Waals surface area contributed by atoms with Crippen molar-refractivity contribution in [3.05, 3.63) is 69.4 Å². The van der Waals surface area contributed by atoms with Gasteiger partial charge in [-0.1, -0.05) is 18.2 Å². The number of hydrogen-bond acceptors (Lipinski definition) is 7. The number of carbonyl (C=O) groups is 2. The molecule has 1 spiro atoms. The molecule has 2 fully saturated rings. The van der Waals surface area contributed by atoms with Crippen LogP contribution in [-0.2, 0) is 4.74 Å². The van der Waals surface area contributed by atoms with E-state index in [1.54, 1.807) is 36.2 Å². The van der Waals surface area contributed by atoms with Gasteiger partial charge in [0, 0.05) is 50.3 Å². The summed E-state index contributed by atoms with van der Waals surface area (Å²) < 4.78 is 12.0. The molecule has 36 heavy (non-hydrogen) atoms. The zero-order chi connectivity index (χ0) is 25.6. The van der Waals surface area contributed by atoms with Crippen LogP contribution in [0.15, 0.2) is 51.7 Å². The quantitative estimate of drug-likeness (QED) is 0.540. The molecule has 2 N–H and O–H groups in total. The Bertz CT molecular complexity index is 1410. The van der Waals surface area contributed by atoms with Gasteiger partial charge in [0.25, 0.3) is 0 Å². The number of amides is 1. The fourth-order valence-corrected chi connectivity index (χ4v) is 5.19. The monoisotopic (exact) mass is 491 g/mol. The predicted octanol–water partition coefficient (Wildman–Crippen LogP) is 4.39. The van der Waals surface area contributed by atoms with E-state index in [9.17, 15) is 19.5 Å². The molecule has 2 aromatic carbocycles. The molecule has 0 radical (unpaired) electrons. The largest absolute Gasteiger partial charge is 0.478 e. The number of anilines is 2. The van der Waals surface area contributed by atoms with Crippen LogP contribution < -0.4 is 15.6 Å². The Morgan fingerprint density at radius 1 is 1.14 bits per heavy atom. The molecule has 5 rings (SSSR count). The normalized spacial score (nSPS) is 17.9. The molecule has 0 aliphatic carbocycles. The van der Waals surface area contributed by atoms with Crippen LogP contribution in [0.3, 0.4) is 0 Å². The Kier molecular flexibility index (Phi) is 5.86. The summed E-state index contributed by atoms with van der Waals surface area (Å²) in [6, 6.07) is 11.7. The first kappa shape index (κ1) is 23.7. The summed E-state index contributed by atoms with van der Waals surface area (Å²) in [7, 11) is 1.74. The lowest BCUT2D eigenvalue weighted by molar-refractivity contribution is 0.0361. The van der Waals surface area contributed by atoms with Crippen LogP contribution in [0.2, 0.25) is 0 Å². The van der Waals surface area contributed by atoms with E-state index < -0.39 is 11.6 Å². The number of likely N-dealkylation sites (N-methyl/N-ethyl adjacent to an activating group) is 1. The molecule has 2 aliphatic heterocycles. The van der Waals surface area contributed by atoms with Gasteiger partial charge in [0.2, 0.25) is 0 Å². The van der Waals surface area contributed by atoms with Crippen LogP contribution in [0.5, 0.6) is 0 Å². The van der Waals surface area contributed by atoms with Crippen molar-refractivity contribution < 1.29 is 23.8 Å². The second kappa shape index (κ2) is 8.89. The minimum atomic E-state index is -1.02. The van der Waals surface area contributed by atoms with E-state index >= 15 is 0 Å². The summed E-state index contributed by atoms with van der Waals surface area (Å²) in [6.07, 6.45) is 0.997. The highest BCUT2D eigenvalue weighted by atomic mass is 16.6. The highest BCUT2D eigenvalue weighted by molar-refractivity contribution is 5.94. The maximum atomic E-state index is 13.1. The average molecular weight is 492 g/mol. The van der Waals surface area contributed by atoms with Crippen molar-refractivity contribution >= 4 is 34.6 Å². The second-order valence-corrected chi connectivity index (χ2v) is 9.79. The molecule has 3 heterocycles. The van der Waals surface area contributed by atoms with Crippen LogP contribution >= 0.6 is 0 Å². The lowest BCUT2D eigenvalue weighted by Gasteiger charge is -2.37. The number of nitrogens with one attached hydrogen (secondary N) is 1. The summed E-state index contributed by atoms with van der Waals surface area (Å²) in [5, 5.41) is 13.3. The van der Waals surface area contributed by atoms with Crippen molar-refractivity contribution in [2.75, 3.05) is 36.9 Å². The van der Waals surface area contributed by atoms with Crippen LogP contribution in [-0.4, -0.2) is 54.4 Å². The van der Waals surface area contributed by atoms with Gasteiger partial charge in [-0.2, -0.15) is 0 Å². The number of ether oxygens (including phenoxy) is 1. The van der Waals surface area contributed by atoms with Crippen molar-refractivity contribution in [3.63, 3.8) is 0 Å². The third-order valence-electron chi connectivity index (χ3n) is 7.11. The molecule has 9 heteroatoms. The Labute approximate surface area is 208 Å². The van der Waals surface area contributed by atoms with Crippen molar-refractivity contribution in [1.82, 2.24) is 4.90 Å². The summed E-state index contributed by atoms with van der Waals surface area (Å²) in [5.74, 6) is -0.543. The van der Waals surface area contributed by atoms with E-state index in [1.165, 1.54) is 6.07 Å². The summed E-state index contributed by atoms with van der Waals surface area (Å²) >= 11 is 0. The fourth-order valence-electron chi connectivity index (χ4n) is 5.19. The van der Waals surface area contributed by atoms with Gasteiger partial charge in [-0.25, -0.2) is 9.59 Å². The van der Waals surface area contributed by atoms with Gasteiger partial charge in [-0.05, 0) is 37.6 Å². The number of carboxylic acids is 1. The topological polar surface area (TPSA) is 112 Å². The standard InChI is InChI=1S/C27H29N3O6/c1-16-12-19(17(2)28-21-7-5-4-6-18(21)25(32)33)24-20(13-16)22(31)14-23(35-24)30-10-8-27(9-11-30)15-29(3)26(34)36-27/h4-7,12-14,17,28H,8-11,15H2,1-3H3,(H,32,33). The van der Waals surface area contributed by atoms with E-state index in [-0.39, 0.29) is 23.1 Å². The van der Waals surface area contributed by atoms with Crippen LogP contribution in [0.1, 0.15) is 47.3 Å². The number of fused-ring (bicyclic) bond motifs is 1. The van der Waals surface area contributed by atoms with Gasteiger partial charge in [-0.15, -0.1) is 0 Å². The average Bonchev–Trinajstić information content (AvgIpc) is 3.11. The molecule has 9 nitrogen and oxygen atoms in total. The number of benzene rings is 2. The molecule has 0 bridgehead atoms. The first-order chi connectivity index (χ1) is 17.2. The lowest BCUT2D eigenvalue weighted by atomic mass is 9.91. The van der Waals surface area contributed by atoms with Crippen molar-refractivity contribution in [3.8, 4) is 0 Å². The molecule has 1 unspecified atom stereocenters. The minimum absolute atomic E-state index is 0.137. The van der Waals surface area contributed by atoms with Gasteiger partial charge >= 0.3 is 12.1 Å². The molecular formula is C27H29N3O6. The van der Waals surface area contributed by atoms with Crippen molar-refractivity contribution in [2.45, 2.75) is 38.3 Å². The first-order valence-corrected chi connectivity index (χ1v) is 12.0. The van der Waals surface area contributed by atoms with Gasteiger partial charge in [0.1, 0.15) is 11.2 Å². The Hall–Kier alpha value is -4.01. The second-order valence-electron chi connectivity index (χ2n) is 9.79. The molecule has 0 saturated carbocycles. The van der Waals surface area contributed by atoms with Gasteiger partial charge in [0.05, 0.1) is 23.5 Å². The van der Waals surface area contributed by atoms with Gasteiger partial charge < -0.3 is 29.4 Å². The first-order valence-electron chi connectivity index (χ1n) is 12.0. The van der Waals surface area contributed by atoms with E-state index in [0.29, 0.717) is 55.0 Å². The molecule has 1 amide bonds. The van der Waals surface area contributed by atoms with Crippen LogP contribution in [0.4, 0.5) is 16.4 Å². The van der Waals surface area contributed by atoms with E-state index in [4.69, 9.17) is 9.15 Å². The lowest BCUT2D eigenvalue weighted by Crippen LogP contribution is -2.46. The Morgan fingerprint density at radius 2 is 1.86 bits per heavy atom. The summed E-state index contributed by atoms with van der Waals surface area (Å²) in [5.41, 5.74) is 2.18. The third kappa shape index (κ3) is 4.25. The van der Waals surface area contributed by atoms with Gasteiger partial charge in [-0.3, -0.25) is 4.79 Å². The number of aryl methyl sites for hydroxylation is 1. The molecule has 2 aliphatic rings. The van der Waals surface area contributed by atoms with E-state index in [1.807, 2.05) is 30.9 Å². The maximum Gasteiger partial charge on any atom is 0.410 e. The third-order valence-corrected chi connectivity index (χ3v) is 7.11. The highest BCUT2D eigenvalue weighted by Gasteiger charge is 2.46. The van der Waals surface area contributed by atoms with Crippen LogP contribution in [0.25, 0.3) is 11.0 Å².